The summed E-state index contributed by atoms with van der Waals surface area (Å²) >= 11 is 0. The second-order valence-electron chi connectivity index (χ2n) is 12.1. The van der Waals surface area contributed by atoms with Crippen LogP contribution in [-0.4, -0.2) is 67.8 Å². The Kier molecular flexibility index (Phi) is 6.11. The van der Waals surface area contributed by atoms with Crippen LogP contribution in [0.4, 0.5) is 0 Å². The van der Waals surface area contributed by atoms with Crippen LogP contribution in [0.3, 0.4) is 0 Å². The van der Waals surface area contributed by atoms with Gasteiger partial charge in [0.2, 0.25) is 6.29 Å². The molecule has 4 aliphatic heterocycles. The van der Waals surface area contributed by atoms with Crippen LogP contribution in [0.15, 0.2) is 23.8 Å². The molecule has 38 heavy (non-hydrogen) atoms. The molecule has 0 aromatic carbocycles. The molecule has 1 spiro atoms. The van der Waals surface area contributed by atoms with Crippen LogP contribution < -0.4 is 0 Å². The van der Waals surface area contributed by atoms with Crippen LogP contribution >= 0.6 is 0 Å². The standard InChI is InChI=1S/C28H36O10/c1-14-16-8-9-26(4)23(15-10-20(30)36-24(15)34-7)35-22(32)13-28(14,26)37-18-12-21(31)38-25(2,3)17(27(16,18)5)11-19(29)33-6/h10,16-18,23-24H,1,8-9,11-13H2,2-7H3/t16-,17-,18+,23-,24?,26-,27+,28-/m0/s1. The van der Waals surface area contributed by atoms with E-state index in [4.69, 9.17) is 28.4 Å². The predicted molar refractivity (Wildman–Crippen MR) is 130 cm³/mol. The lowest BCUT2D eigenvalue weighted by molar-refractivity contribution is -0.286. The van der Waals surface area contributed by atoms with Gasteiger partial charge in [0.05, 0.1) is 32.5 Å². The highest BCUT2D eigenvalue weighted by atomic mass is 16.7. The number of rotatable bonds is 4. The summed E-state index contributed by atoms with van der Waals surface area (Å²) < 4.78 is 34.4. The maximum Gasteiger partial charge on any atom is 0.333 e. The zero-order valence-electron chi connectivity index (χ0n) is 22.8. The Bertz CT molecular complexity index is 1140. The van der Waals surface area contributed by atoms with Gasteiger partial charge in [0, 0.05) is 35.5 Å². The van der Waals surface area contributed by atoms with Gasteiger partial charge >= 0.3 is 23.9 Å². The van der Waals surface area contributed by atoms with Gasteiger partial charge in [-0.15, -0.1) is 0 Å². The van der Waals surface area contributed by atoms with Crippen molar-refractivity contribution in [2.24, 2.45) is 22.7 Å². The molecule has 2 bridgehead atoms. The molecule has 0 amide bonds. The van der Waals surface area contributed by atoms with Crippen molar-refractivity contribution in [2.75, 3.05) is 14.2 Å². The largest absolute Gasteiger partial charge is 0.469 e. The van der Waals surface area contributed by atoms with Gasteiger partial charge in [0.25, 0.3) is 0 Å². The van der Waals surface area contributed by atoms with Crippen LogP contribution in [-0.2, 0) is 47.6 Å². The molecule has 3 saturated heterocycles. The third kappa shape index (κ3) is 3.52. The first kappa shape index (κ1) is 26.9. The fourth-order valence-electron chi connectivity index (χ4n) is 8.15. The average molecular weight is 533 g/mol. The third-order valence-corrected chi connectivity index (χ3v) is 10.0. The fraction of sp³-hybridized carbons (Fsp3) is 0.714. The van der Waals surface area contributed by atoms with Crippen LogP contribution in [0.2, 0.25) is 0 Å². The SMILES string of the molecule is C=C1[C@@H]2CC[C@@]3(C)[C@H](C4=CC(=O)OC4OC)OC(=O)C[C@]13O[C@@H]1CC(=O)OC(C)(C)[C@H](CC(=O)OC)[C@]12C. The van der Waals surface area contributed by atoms with E-state index in [1.165, 1.54) is 20.3 Å². The molecule has 1 saturated carbocycles. The number of cyclic esters (lactones) is 3. The monoisotopic (exact) mass is 532 g/mol. The molecule has 1 aliphatic carbocycles. The summed E-state index contributed by atoms with van der Waals surface area (Å²) in [5.41, 5.74) is -2.54. The number of methoxy groups -OCH3 is 2. The predicted octanol–water partition coefficient (Wildman–Crippen LogP) is 2.78. The lowest BCUT2D eigenvalue weighted by atomic mass is 9.44. The molecule has 4 heterocycles. The summed E-state index contributed by atoms with van der Waals surface area (Å²) in [6.45, 7) is 12.1. The van der Waals surface area contributed by atoms with Crippen LogP contribution in [0.1, 0.15) is 59.8 Å². The fourth-order valence-corrected chi connectivity index (χ4v) is 8.15. The van der Waals surface area contributed by atoms with Gasteiger partial charge in [-0.2, -0.15) is 0 Å². The average Bonchev–Trinajstić information content (AvgIpc) is 3.19. The molecule has 0 aromatic heterocycles. The van der Waals surface area contributed by atoms with Crippen LogP contribution in [0, 0.1) is 22.7 Å². The van der Waals surface area contributed by atoms with Crippen molar-refractivity contribution in [2.45, 2.75) is 89.5 Å². The summed E-state index contributed by atoms with van der Waals surface area (Å²) in [4.78, 5) is 51.0. The van der Waals surface area contributed by atoms with Gasteiger partial charge in [-0.05, 0) is 38.2 Å². The highest BCUT2D eigenvalue weighted by molar-refractivity contribution is 5.86. The van der Waals surface area contributed by atoms with Crippen molar-refractivity contribution in [3.05, 3.63) is 23.8 Å². The zero-order chi connectivity index (χ0) is 27.8. The zero-order valence-corrected chi connectivity index (χ0v) is 22.8. The molecular formula is C28H36O10. The molecule has 8 atom stereocenters. The van der Waals surface area contributed by atoms with Crippen molar-refractivity contribution in [3.63, 3.8) is 0 Å². The van der Waals surface area contributed by atoms with Crippen molar-refractivity contribution < 1.29 is 47.6 Å². The Morgan fingerprint density at radius 3 is 2.47 bits per heavy atom. The Morgan fingerprint density at radius 1 is 1.11 bits per heavy atom. The number of carbonyl (C=O) groups excluding carboxylic acids is 4. The summed E-state index contributed by atoms with van der Waals surface area (Å²) in [6.07, 6.45) is -0.0631. The molecular weight excluding hydrogens is 496 g/mol. The van der Waals surface area contributed by atoms with E-state index < -0.39 is 70.3 Å². The van der Waals surface area contributed by atoms with Crippen LogP contribution in [0.25, 0.3) is 0 Å². The molecule has 0 radical (unpaired) electrons. The number of hydrogen-bond acceptors (Lipinski definition) is 10. The van der Waals surface area contributed by atoms with E-state index in [0.29, 0.717) is 18.4 Å². The van der Waals surface area contributed by atoms with E-state index in [2.05, 4.69) is 6.58 Å². The van der Waals surface area contributed by atoms with Crippen molar-refractivity contribution in [3.8, 4) is 0 Å². The Labute approximate surface area is 222 Å². The van der Waals surface area contributed by atoms with Crippen molar-refractivity contribution in [1.29, 1.82) is 0 Å². The van der Waals surface area contributed by atoms with Gasteiger partial charge in [0.15, 0.2) is 0 Å². The topological polar surface area (TPSA) is 124 Å². The van der Waals surface area contributed by atoms with E-state index >= 15 is 0 Å². The van der Waals surface area contributed by atoms with E-state index in [-0.39, 0.29) is 25.2 Å². The van der Waals surface area contributed by atoms with E-state index in [0.717, 1.165) is 5.57 Å². The van der Waals surface area contributed by atoms with Crippen molar-refractivity contribution in [1.82, 2.24) is 0 Å². The normalized spacial score (nSPS) is 43.5. The molecule has 10 nitrogen and oxygen atoms in total. The third-order valence-electron chi connectivity index (χ3n) is 10.0. The summed E-state index contributed by atoms with van der Waals surface area (Å²) in [6, 6.07) is 0. The minimum atomic E-state index is -1.17. The smallest absolute Gasteiger partial charge is 0.333 e. The quantitative estimate of drug-likeness (QED) is 0.303. The highest BCUT2D eigenvalue weighted by Gasteiger charge is 2.73. The molecule has 1 unspecified atom stereocenters. The highest BCUT2D eigenvalue weighted by Crippen LogP contribution is 2.69. The first-order chi connectivity index (χ1) is 17.7. The first-order valence-electron chi connectivity index (χ1n) is 13.0. The van der Waals surface area contributed by atoms with E-state index in [1.807, 2.05) is 27.7 Å². The first-order valence-corrected chi connectivity index (χ1v) is 13.0. The van der Waals surface area contributed by atoms with Gasteiger partial charge in [0.1, 0.15) is 17.3 Å². The Morgan fingerprint density at radius 2 is 1.82 bits per heavy atom. The molecule has 0 N–H and O–H groups in total. The minimum absolute atomic E-state index is 0.0354. The lowest BCUT2D eigenvalue weighted by Crippen LogP contribution is -2.72. The molecule has 10 heteroatoms. The maximum atomic E-state index is 13.2. The lowest BCUT2D eigenvalue weighted by Gasteiger charge is -2.68. The second-order valence-corrected chi connectivity index (χ2v) is 12.1. The maximum absolute atomic E-state index is 13.2. The number of ether oxygens (including phenoxy) is 6. The number of fused-ring (bicyclic) bond motifs is 3. The number of esters is 4. The molecule has 5 aliphatic rings. The number of hydrogen-bond donors (Lipinski definition) is 0. The summed E-state index contributed by atoms with van der Waals surface area (Å²) in [5.74, 6) is -2.54. The Hall–Kier alpha value is -2.72. The number of carbonyl (C=O) groups is 4. The van der Waals surface area contributed by atoms with E-state index in [1.54, 1.807) is 0 Å². The Balaban J connectivity index is 1.64. The van der Waals surface area contributed by atoms with Crippen molar-refractivity contribution >= 4 is 23.9 Å². The van der Waals surface area contributed by atoms with Gasteiger partial charge in [-0.25, -0.2) is 4.79 Å². The molecule has 4 fully saturated rings. The molecule has 208 valence electrons. The minimum Gasteiger partial charge on any atom is -0.469 e. The van der Waals surface area contributed by atoms with Gasteiger partial charge in [-0.1, -0.05) is 20.4 Å². The molecule has 0 aromatic rings. The van der Waals surface area contributed by atoms with Crippen LogP contribution in [0.5, 0.6) is 0 Å². The molecule has 5 rings (SSSR count). The van der Waals surface area contributed by atoms with E-state index in [9.17, 15) is 19.2 Å². The van der Waals surface area contributed by atoms with Gasteiger partial charge < -0.3 is 28.4 Å². The second kappa shape index (κ2) is 8.64. The summed E-state index contributed by atoms with van der Waals surface area (Å²) in [5, 5.41) is 0. The summed E-state index contributed by atoms with van der Waals surface area (Å²) in [7, 11) is 2.75. The van der Waals surface area contributed by atoms with Gasteiger partial charge in [-0.3, -0.25) is 14.4 Å².